The summed E-state index contributed by atoms with van der Waals surface area (Å²) in [5, 5.41) is 0. The molecule has 1 aromatic rings. The third kappa shape index (κ3) is 1.74. The van der Waals surface area contributed by atoms with Crippen LogP contribution < -0.4 is 0 Å². The third-order valence-electron chi connectivity index (χ3n) is 1.77. The van der Waals surface area contributed by atoms with Crippen LogP contribution in [0.3, 0.4) is 0 Å². The Kier molecular flexibility index (Phi) is 2.55. The molecular formula is C9H11FS. The second kappa shape index (κ2) is 3.26. The van der Waals surface area contributed by atoms with E-state index in [-0.39, 0.29) is 5.82 Å². The molecule has 0 saturated carbocycles. The molecule has 0 bridgehead atoms. The van der Waals surface area contributed by atoms with E-state index in [0.29, 0.717) is 0 Å². The van der Waals surface area contributed by atoms with Gasteiger partial charge in [-0.05, 0) is 43.4 Å². The molecule has 0 unspecified atom stereocenters. The number of thioether (sulfide) groups is 1. The van der Waals surface area contributed by atoms with Gasteiger partial charge >= 0.3 is 0 Å². The van der Waals surface area contributed by atoms with Gasteiger partial charge in [-0.15, -0.1) is 11.8 Å². The van der Waals surface area contributed by atoms with Gasteiger partial charge in [-0.1, -0.05) is 0 Å². The molecule has 60 valence electrons. The van der Waals surface area contributed by atoms with E-state index in [1.807, 2.05) is 26.2 Å². The number of aryl methyl sites for hydroxylation is 2. The highest BCUT2D eigenvalue weighted by atomic mass is 32.2. The van der Waals surface area contributed by atoms with Gasteiger partial charge < -0.3 is 0 Å². The van der Waals surface area contributed by atoms with Crippen LogP contribution in [0.15, 0.2) is 17.0 Å². The number of hydrogen-bond donors (Lipinski definition) is 0. The monoisotopic (exact) mass is 170 g/mol. The zero-order valence-corrected chi connectivity index (χ0v) is 7.76. The summed E-state index contributed by atoms with van der Waals surface area (Å²) in [5.41, 5.74) is 2.16. The van der Waals surface area contributed by atoms with Crippen molar-refractivity contribution in [2.45, 2.75) is 18.7 Å². The third-order valence-corrected chi connectivity index (χ3v) is 2.52. The number of halogens is 1. The molecule has 0 heterocycles. The molecule has 0 fully saturated rings. The van der Waals surface area contributed by atoms with Crippen LogP contribution in [-0.4, -0.2) is 6.26 Å². The van der Waals surface area contributed by atoms with Gasteiger partial charge in [0.2, 0.25) is 0 Å². The quantitative estimate of drug-likeness (QED) is 0.583. The summed E-state index contributed by atoms with van der Waals surface area (Å²) in [5.74, 6) is -0.111. The maximum atomic E-state index is 13.0. The number of benzene rings is 1. The van der Waals surface area contributed by atoms with Gasteiger partial charge in [0.25, 0.3) is 0 Å². The molecule has 2 heteroatoms. The predicted molar refractivity (Wildman–Crippen MR) is 47.7 cm³/mol. The Hall–Kier alpha value is -0.500. The number of rotatable bonds is 1. The van der Waals surface area contributed by atoms with Gasteiger partial charge in [0.1, 0.15) is 5.82 Å². The van der Waals surface area contributed by atoms with E-state index >= 15 is 0 Å². The molecule has 0 aliphatic carbocycles. The van der Waals surface area contributed by atoms with E-state index in [1.165, 1.54) is 11.8 Å². The standard InChI is InChI=1S/C9H11FS/c1-6-4-8(10)9(11-3)5-7(6)2/h4-5H,1-3H3. The topological polar surface area (TPSA) is 0 Å². The van der Waals surface area contributed by atoms with Crippen molar-refractivity contribution in [3.63, 3.8) is 0 Å². The van der Waals surface area contributed by atoms with E-state index < -0.39 is 0 Å². The fourth-order valence-electron chi connectivity index (χ4n) is 0.911. The summed E-state index contributed by atoms with van der Waals surface area (Å²) in [4.78, 5) is 0.730. The summed E-state index contributed by atoms with van der Waals surface area (Å²) >= 11 is 1.44. The van der Waals surface area contributed by atoms with Crippen LogP contribution in [0.5, 0.6) is 0 Å². The smallest absolute Gasteiger partial charge is 0.137 e. The highest BCUT2D eigenvalue weighted by Crippen LogP contribution is 2.22. The zero-order chi connectivity index (χ0) is 8.43. The largest absolute Gasteiger partial charge is 0.206 e. The Balaban J connectivity index is 3.21. The Bertz CT molecular complexity index is 269. The van der Waals surface area contributed by atoms with Crippen LogP contribution >= 0.6 is 11.8 Å². The molecule has 0 aliphatic rings. The summed E-state index contributed by atoms with van der Waals surface area (Å²) in [6.07, 6.45) is 1.88. The summed E-state index contributed by atoms with van der Waals surface area (Å²) in [6, 6.07) is 3.47. The van der Waals surface area contributed by atoms with Crippen LogP contribution in [-0.2, 0) is 0 Å². The minimum Gasteiger partial charge on any atom is -0.206 e. The van der Waals surface area contributed by atoms with Gasteiger partial charge in [0.05, 0.1) is 0 Å². The SMILES string of the molecule is CSc1cc(C)c(C)cc1F. The molecule has 0 spiro atoms. The summed E-state index contributed by atoms with van der Waals surface area (Å²) < 4.78 is 13.0. The molecule has 0 saturated heterocycles. The van der Waals surface area contributed by atoms with E-state index in [0.717, 1.165) is 16.0 Å². The second-order valence-corrected chi connectivity index (χ2v) is 3.42. The van der Waals surface area contributed by atoms with Crippen molar-refractivity contribution in [2.75, 3.05) is 6.26 Å². The average molecular weight is 170 g/mol. The Morgan fingerprint density at radius 3 is 2.27 bits per heavy atom. The fraction of sp³-hybridized carbons (Fsp3) is 0.333. The first-order valence-corrected chi connectivity index (χ1v) is 4.68. The number of hydrogen-bond acceptors (Lipinski definition) is 1. The van der Waals surface area contributed by atoms with Crippen molar-refractivity contribution in [1.82, 2.24) is 0 Å². The normalized spacial score (nSPS) is 10.2. The lowest BCUT2D eigenvalue weighted by molar-refractivity contribution is 0.600. The lowest BCUT2D eigenvalue weighted by Crippen LogP contribution is -1.86. The molecule has 0 radical (unpaired) electrons. The van der Waals surface area contributed by atoms with Crippen LogP contribution in [0.4, 0.5) is 4.39 Å². The lowest BCUT2D eigenvalue weighted by atomic mass is 10.1. The van der Waals surface area contributed by atoms with Gasteiger partial charge in [0.15, 0.2) is 0 Å². The second-order valence-electron chi connectivity index (χ2n) is 2.57. The van der Waals surface area contributed by atoms with Crippen LogP contribution in [0.1, 0.15) is 11.1 Å². The highest BCUT2D eigenvalue weighted by Gasteiger charge is 2.02. The van der Waals surface area contributed by atoms with Crippen LogP contribution in [0.25, 0.3) is 0 Å². The Morgan fingerprint density at radius 1 is 1.18 bits per heavy atom. The minimum atomic E-state index is -0.111. The molecule has 11 heavy (non-hydrogen) atoms. The molecule has 0 amide bonds. The van der Waals surface area contributed by atoms with E-state index in [4.69, 9.17) is 0 Å². The van der Waals surface area contributed by atoms with E-state index in [1.54, 1.807) is 6.07 Å². The van der Waals surface area contributed by atoms with Gasteiger partial charge in [-0.2, -0.15) is 0 Å². The minimum absolute atomic E-state index is 0.111. The molecule has 0 nitrogen and oxygen atoms in total. The van der Waals surface area contributed by atoms with Crippen LogP contribution in [0.2, 0.25) is 0 Å². The molecule has 1 aromatic carbocycles. The molecular weight excluding hydrogens is 159 g/mol. The van der Waals surface area contributed by atoms with Crippen molar-refractivity contribution in [3.05, 3.63) is 29.1 Å². The van der Waals surface area contributed by atoms with Gasteiger partial charge in [0, 0.05) is 4.90 Å². The van der Waals surface area contributed by atoms with Crippen molar-refractivity contribution in [2.24, 2.45) is 0 Å². The molecule has 0 aromatic heterocycles. The Labute approximate surface area is 70.8 Å². The average Bonchev–Trinajstić information content (AvgIpc) is 1.97. The maximum Gasteiger partial charge on any atom is 0.137 e. The van der Waals surface area contributed by atoms with Crippen molar-refractivity contribution in [1.29, 1.82) is 0 Å². The first-order valence-electron chi connectivity index (χ1n) is 3.46. The van der Waals surface area contributed by atoms with Crippen molar-refractivity contribution >= 4 is 11.8 Å². The molecule has 0 N–H and O–H groups in total. The fourth-order valence-corrected chi connectivity index (χ4v) is 1.46. The van der Waals surface area contributed by atoms with Crippen molar-refractivity contribution < 1.29 is 4.39 Å². The first kappa shape index (κ1) is 8.60. The Morgan fingerprint density at radius 2 is 1.73 bits per heavy atom. The van der Waals surface area contributed by atoms with Crippen molar-refractivity contribution in [3.8, 4) is 0 Å². The van der Waals surface area contributed by atoms with E-state index in [9.17, 15) is 4.39 Å². The molecule has 0 aliphatic heterocycles. The lowest BCUT2D eigenvalue weighted by Gasteiger charge is -2.03. The van der Waals surface area contributed by atoms with Gasteiger partial charge in [-0.3, -0.25) is 0 Å². The summed E-state index contributed by atoms with van der Waals surface area (Å²) in [6.45, 7) is 3.91. The molecule has 1 rings (SSSR count). The van der Waals surface area contributed by atoms with E-state index in [2.05, 4.69) is 0 Å². The first-order chi connectivity index (χ1) is 5.15. The summed E-state index contributed by atoms with van der Waals surface area (Å²) in [7, 11) is 0. The molecule has 0 atom stereocenters. The zero-order valence-electron chi connectivity index (χ0n) is 6.94. The predicted octanol–water partition coefficient (Wildman–Crippen LogP) is 3.16. The maximum absolute atomic E-state index is 13.0. The highest BCUT2D eigenvalue weighted by molar-refractivity contribution is 7.98. The van der Waals surface area contributed by atoms with Gasteiger partial charge in [-0.25, -0.2) is 4.39 Å². The van der Waals surface area contributed by atoms with Crippen LogP contribution in [0, 0.1) is 19.7 Å².